The lowest BCUT2D eigenvalue weighted by molar-refractivity contribution is 0.102. The first-order valence-corrected chi connectivity index (χ1v) is 8.02. The number of amides is 1. The van der Waals surface area contributed by atoms with Gasteiger partial charge in [0, 0.05) is 11.3 Å². The quantitative estimate of drug-likeness (QED) is 0.800. The molecule has 1 amide bonds. The molecule has 1 aliphatic carbocycles. The largest absolute Gasteiger partial charge is 0.322 e. The highest BCUT2D eigenvalue weighted by Crippen LogP contribution is 2.29. The van der Waals surface area contributed by atoms with Crippen molar-refractivity contribution in [2.24, 2.45) is 0 Å². The van der Waals surface area contributed by atoms with E-state index in [9.17, 15) is 4.79 Å². The summed E-state index contributed by atoms with van der Waals surface area (Å²) in [5.74, 6) is -0.117. The summed E-state index contributed by atoms with van der Waals surface area (Å²) in [5, 5.41) is 12.1. The van der Waals surface area contributed by atoms with Crippen LogP contribution >= 0.6 is 0 Å². The van der Waals surface area contributed by atoms with Crippen molar-refractivity contribution in [1.29, 1.82) is 0 Å². The summed E-state index contributed by atoms with van der Waals surface area (Å²) in [6.07, 6.45) is 4.80. The van der Waals surface area contributed by atoms with Gasteiger partial charge in [0.05, 0.1) is 6.04 Å². The molecular weight excluding hydrogens is 288 g/mol. The predicted octanol–water partition coefficient (Wildman–Crippen LogP) is 3.80. The van der Waals surface area contributed by atoms with E-state index in [2.05, 4.69) is 15.5 Å². The van der Waals surface area contributed by atoms with E-state index in [0.717, 1.165) is 29.6 Å². The van der Waals surface area contributed by atoms with Crippen LogP contribution in [0.1, 0.15) is 42.1 Å². The lowest BCUT2D eigenvalue weighted by atomic mass is 10.2. The Bertz CT molecular complexity index is 835. The highest BCUT2D eigenvalue weighted by atomic mass is 16.1. The fraction of sp³-hybridized carbons (Fsp3) is 0.278. The summed E-state index contributed by atoms with van der Waals surface area (Å²) in [5.41, 5.74) is 3.07. The van der Waals surface area contributed by atoms with E-state index in [0.29, 0.717) is 11.6 Å². The average molecular weight is 306 g/mol. The van der Waals surface area contributed by atoms with Crippen LogP contribution in [0.2, 0.25) is 0 Å². The molecule has 1 fully saturated rings. The standard InChI is InChI=1S/C18H18N4O/c23-18(13-6-2-1-3-7-13)19-14-10-11-16-17(12-14)21-22(20-16)15-8-4-5-9-15/h1-3,6-7,10-12,15H,4-5,8-9H2,(H,19,23). The van der Waals surface area contributed by atoms with Crippen LogP contribution in [-0.4, -0.2) is 20.9 Å². The summed E-state index contributed by atoms with van der Waals surface area (Å²) in [7, 11) is 0. The molecule has 3 aromatic rings. The normalized spacial score (nSPS) is 15.1. The zero-order valence-electron chi connectivity index (χ0n) is 12.8. The van der Waals surface area contributed by atoms with E-state index in [1.807, 2.05) is 41.2 Å². The zero-order valence-corrected chi connectivity index (χ0v) is 12.8. The Labute approximate surface area is 134 Å². The predicted molar refractivity (Wildman–Crippen MR) is 89.4 cm³/mol. The third kappa shape index (κ3) is 2.82. The summed E-state index contributed by atoms with van der Waals surface area (Å²) < 4.78 is 0. The van der Waals surface area contributed by atoms with Crippen molar-refractivity contribution in [2.75, 3.05) is 5.32 Å². The van der Waals surface area contributed by atoms with Crippen molar-refractivity contribution in [2.45, 2.75) is 31.7 Å². The van der Waals surface area contributed by atoms with Gasteiger partial charge < -0.3 is 5.32 Å². The molecule has 5 heteroatoms. The second kappa shape index (κ2) is 5.83. The monoisotopic (exact) mass is 306 g/mol. The van der Waals surface area contributed by atoms with Gasteiger partial charge in [-0.15, -0.1) is 0 Å². The lowest BCUT2D eigenvalue weighted by Gasteiger charge is -2.05. The maximum atomic E-state index is 12.2. The Balaban J connectivity index is 1.57. The molecule has 4 rings (SSSR count). The molecule has 0 radical (unpaired) electrons. The number of anilines is 1. The molecule has 0 bridgehead atoms. The smallest absolute Gasteiger partial charge is 0.255 e. The van der Waals surface area contributed by atoms with Crippen LogP contribution in [-0.2, 0) is 0 Å². The van der Waals surface area contributed by atoms with Crippen molar-refractivity contribution in [3.63, 3.8) is 0 Å². The molecule has 1 aromatic heterocycles. The fourth-order valence-electron chi connectivity index (χ4n) is 3.10. The average Bonchev–Trinajstić information content (AvgIpc) is 3.24. The molecule has 0 unspecified atom stereocenters. The molecule has 1 saturated carbocycles. The summed E-state index contributed by atoms with van der Waals surface area (Å²) in [6, 6.07) is 15.3. The highest BCUT2D eigenvalue weighted by Gasteiger charge is 2.19. The second-order valence-corrected chi connectivity index (χ2v) is 5.98. The summed E-state index contributed by atoms with van der Waals surface area (Å²) in [6.45, 7) is 0. The van der Waals surface area contributed by atoms with Gasteiger partial charge in [0.25, 0.3) is 5.91 Å². The SMILES string of the molecule is O=C(Nc1ccc2nn(C3CCCC3)nc2c1)c1ccccc1. The van der Waals surface area contributed by atoms with E-state index in [-0.39, 0.29) is 5.91 Å². The molecule has 0 atom stereocenters. The Morgan fingerprint density at radius 2 is 1.74 bits per heavy atom. The van der Waals surface area contributed by atoms with Gasteiger partial charge in [0.1, 0.15) is 11.0 Å². The molecule has 0 spiro atoms. The third-order valence-electron chi connectivity index (χ3n) is 4.34. The molecule has 116 valence electrons. The molecule has 23 heavy (non-hydrogen) atoms. The topological polar surface area (TPSA) is 59.8 Å². The first kappa shape index (κ1) is 13.9. The van der Waals surface area contributed by atoms with Crippen LogP contribution in [0.3, 0.4) is 0 Å². The number of nitrogens with one attached hydrogen (secondary N) is 1. The van der Waals surface area contributed by atoms with Crippen molar-refractivity contribution < 1.29 is 4.79 Å². The van der Waals surface area contributed by atoms with E-state index in [4.69, 9.17) is 0 Å². The Hall–Kier alpha value is -2.69. The third-order valence-corrected chi connectivity index (χ3v) is 4.34. The Morgan fingerprint density at radius 1 is 1.00 bits per heavy atom. The van der Waals surface area contributed by atoms with Gasteiger partial charge in [-0.05, 0) is 43.2 Å². The number of carbonyl (C=O) groups excluding carboxylic acids is 1. The Kier molecular flexibility index (Phi) is 3.54. The fourth-order valence-corrected chi connectivity index (χ4v) is 3.10. The second-order valence-electron chi connectivity index (χ2n) is 5.98. The van der Waals surface area contributed by atoms with Gasteiger partial charge >= 0.3 is 0 Å². The Morgan fingerprint density at radius 3 is 2.52 bits per heavy atom. The van der Waals surface area contributed by atoms with Crippen molar-refractivity contribution in [1.82, 2.24) is 15.0 Å². The number of nitrogens with zero attached hydrogens (tertiary/aromatic N) is 3. The van der Waals surface area contributed by atoms with Gasteiger partial charge in [-0.1, -0.05) is 31.0 Å². The van der Waals surface area contributed by atoms with Gasteiger partial charge in [-0.25, -0.2) is 0 Å². The van der Waals surface area contributed by atoms with Gasteiger partial charge in [-0.3, -0.25) is 4.79 Å². The minimum atomic E-state index is -0.117. The minimum absolute atomic E-state index is 0.117. The highest BCUT2D eigenvalue weighted by molar-refractivity contribution is 6.04. The molecule has 5 nitrogen and oxygen atoms in total. The molecule has 1 N–H and O–H groups in total. The molecule has 1 heterocycles. The first-order chi connectivity index (χ1) is 11.3. The summed E-state index contributed by atoms with van der Waals surface area (Å²) in [4.78, 5) is 14.1. The van der Waals surface area contributed by atoms with E-state index in [1.165, 1.54) is 12.8 Å². The van der Waals surface area contributed by atoms with Gasteiger partial charge in [0.2, 0.25) is 0 Å². The molecule has 0 aliphatic heterocycles. The number of hydrogen-bond donors (Lipinski definition) is 1. The minimum Gasteiger partial charge on any atom is -0.322 e. The van der Waals surface area contributed by atoms with E-state index < -0.39 is 0 Å². The maximum Gasteiger partial charge on any atom is 0.255 e. The van der Waals surface area contributed by atoms with Crippen LogP contribution in [0, 0.1) is 0 Å². The number of aromatic nitrogens is 3. The van der Waals surface area contributed by atoms with Gasteiger partial charge in [-0.2, -0.15) is 15.0 Å². The van der Waals surface area contributed by atoms with Crippen LogP contribution in [0.15, 0.2) is 48.5 Å². The van der Waals surface area contributed by atoms with E-state index in [1.54, 1.807) is 12.1 Å². The van der Waals surface area contributed by atoms with Crippen LogP contribution in [0.25, 0.3) is 11.0 Å². The molecule has 1 aliphatic rings. The number of rotatable bonds is 3. The lowest BCUT2D eigenvalue weighted by Crippen LogP contribution is -2.11. The number of fused-ring (bicyclic) bond motifs is 1. The van der Waals surface area contributed by atoms with Gasteiger partial charge in [0.15, 0.2) is 0 Å². The number of hydrogen-bond acceptors (Lipinski definition) is 3. The van der Waals surface area contributed by atoms with Crippen molar-refractivity contribution in [3.05, 3.63) is 54.1 Å². The van der Waals surface area contributed by atoms with Crippen LogP contribution in [0.5, 0.6) is 0 Å². The number of benzene rings is 2. The molecule has 2 aromatic carbocycles. The van der Waals surface area contributed by atoms with Crippen LogP contribution < -0.4 is 5.32 Å². The first-order valence-electron chi connectivity index (χ1n) is 8.02. The maximum absolute atomic E-state index is 12.2. The summed E-state index contributed by atoms with van der Waals surface area (Å²) >= 11 is 0. The molecule has 0 saturated heterocycles. The van der Waals surface area contributed by atoms with E-state index >= 15 is 0 Å². The van der Waals surface area contributed by atoms with Crippen LogP contribution in [0.4, 0.5) is 5.69 Å². The van der Waals surface area contributed by atoms with Crippen molar-refractivity contribution >= 4 is 22.6 Å². The number of carbonyl (C=O) groups is 1. The zero-order chi connectivity index (χ0) is 15.6. The molecular formula is C18H18N4O. The van der Waals surface area contributed by atoms with Crippen molar-refractivity contribution in [3.8, 4) is 0 Å².